The Labute approximate surface area is 149 Å². The number of ketones is 2. The highest BCUT2D eigenvalue weighted by atomic mass is 35.6. The molecule has 0 aliphatic rings. The lowest BCUT2D eigenvalue weighted by Gasteiger charge is -2.09. The Balaban J connectivity index is 2.12. The fourth-order valence-corrected chi connectivity index (χ4v) is 2.18. The minimum atomic E-state index is -2.07. The molecule has 0 saturated heterocycles. The second-order valence-corrected chi connectivity index (χ2v) is 7.11. The highest BCUT2D eigenvalue weighted by molar-refractivity contribution is 6.76. The molecule has 0 N–H and O–H groups in total. The number of carbonyl (C=O) groups is 2. The molecule has 120 valence electrons. The third-order valence-electron chi connectivity index (χ3n) is 3.27. The van der Waals surface area contributed by atoms with Crippen LogP contribution in [0.3, 0.4) is 0 Å². The zero-order valence-corrected chi connectivity index (χ0v) is 14.5. The summed E-state index contributed by atoms with van der Waals surface area (Å²) in [5.41, 5.74) is 2.32. The first-order chi connectivity index (χ1) is 10.8. The molecule has 6 heteroatoms. The van der Waals surface area contributed by atoms with Crippen molar-refractivity contribution in [3.05, 3.63) is 54.1 Å². The van der Waals surface area contributed by atoms with Gasteiger partial charge in [-0.2, -0.15) is 0 Å². The van der Waals surface area contributed by atoms with E-state index in [1.165, 1.54) is 0 Å². The van der Waals surface area contributed by atoms with E-state index in [9.17, 15) is 9.59 Å². The molecule has 0 atom stereocenters. The number of hydrogen-bond acceptors (Lipinski definition) is 3. The fourth-order valence-electron chi connectivity index (χ4n) is 1.98. The van der Waals surface area contributed by atoms with Crippen LogP contribution in [-0.2, 0) is 4.79 Å². The van der Waals surface area contributed by atoms with Crippen LogP contribution in [0.5, 0.6) is 5.75 Å². The van der Waals surface area contributed by atoms with Crippen molar-refractivity contribution in [1.29, 1.82) is 0 Å². The first-order valence-corrected chi connectivity index (χ1v) is 7.82. The van der Waals surface area contributed by atoms with E-state index < -0.39 is 16.0 Å². The van der Waals surface area contributed by atoms with Crippen LogP contribution < -0.4 is 4.74 Å². The Kier molecular flexibility index (Phi) is 5.69. The van der Waals surface area contributed by atoms with E-state index in [2.05, 4.69) is 0 Å². The van der Waals surface area contributed by atoms with Crippen molar-refractivity contribution in [2.24, 2.45) is 0 Å². The van der Waals surface area contributed by atoms with E-state index in [1.54, 1.807) is 31.4 Å². The average Bonchev–Trinajstić information content (AvgIpc) is 2.54. The summed E-state index contributed by atoms with van der Waals surface area (Å²) in [4.78, 5) is 23.6. The normalized spacial score (nSPS) is 11.1. The first-order valence-electron chi connectivity index (χ1n) is 6.69. The Morgan fingerprint density at radius 1 is 0.913 bits per heavy atom. The second-order valence-electron chi connectivity index (χ2n) is 4.83. The molecule has 0 radical (unpaired) electrons. The van der Waals surface area contributed by atoms with Crippen molar-refractivity contribution in [1.82, 2.24) is 0 Å². The molecule has 0 unspecified atom stereocenters. The van der Waals surface area contributed by atoms with Gasteiger partial charge in [-0.15, -0.1) is 0 Å². The van der Waals surface area contributed by atoms with E-state index in [0.29, 0.717) is 5.56 Å². The summed E-state index contributed by atoms with van der Waals surface area (Å²) in [6.07, 6.45) is -0.446. The number of ether oxygens (including phenoxy) is 1. The molecule has 0 aliphatic carbocycles. The van der Waals surface area contributed by atoms with Crippen LogP contribution in [0.15, 0.2) is 48.5 Å². The van der Waals surface area contributed by atoms with Crippen molar-refractivity contribution in [3.63, 3.8) is 0 Å². The molecule has 23 heavy (non-hydrogen) atoms. The van der Waals surface area contributed by atoms with E-state index >= 15 is 0 Å². The maximum Gasteiger partial charge on any atom is 0.249 e. The lowest BCUT2D eigenvalue weighted by molar-refractivity contribution is -0.117. The Morgan fingerprint density at radius 3 is 1.83 bits per heavy atom. The van der Waals surface area contributed by atoms with Crippen LogP contribution in [0.25, 0.3) is 11.1 Å². The number of rotatable bonds is 5. The van der Waals surface area contributed by atoms with Crippen molar-refractivity contribution in [3.8, 4) is 16.9 Å². The number of methoxy groups -OCH3 is 1. The molecular formula is C17H13Cl3O3. The molecule has 2 aromatic rings. The van der Waals surface area contributed by atoms with Gasteiger partial charge in [-0.25, -0.2) is 0 Å². The molecule has 2 rings (SSSR count). The second kappa shape index (κ2) is 7.35. The van der Waals surface area contributed by atoms with Crippen molar-refractivity contribution >= 4 is 46.4 Å². The van der Waals surface area contributed by atoms with Gasteiger partial charge in [-0.05, 0) is 23.3 Å². The fraction of sp³-hybridized carbons (Fsp3) is 0.176. The van der Waals surface area contributed by atoms with Gasteiger partial charge in [-0.3, -0.25) is 9.59 Å². The largest absolute Gasteiger partial charge is 0.497 e. The molecule has 0 spiro atoms. The minimum Gasteiger partial charge on any atom is -0.497 e. The Morgan fingerprint density at radius 2 is 1.39 bits per heavy atom. The van der Waals surface area contributed by atoms with Crippen LogP contribution in [0, 0.1) is 0 Å². The summed E-state index contributed by atoms with van der Waals surface area (Å²) in [5.74, 6) is -0.361. The van der Waals surface area contributed by atoms with Crippen molar-refractivity contribution in [2.45, 2.75) is 10.2 Å². The van der Waals surface area contributed by atoms with Crippen LogP contribution in [-0.4, -0.2) is 22.5 Å². The lowest BCUT2D eigenvalue weighted by Crippen LogP contribution is -2.22. The highest BCUT2D eigenvalue weighted by Crippen LogP contribution is 2.29. The molecule has 0 amide bonds. The number of benzene rings is 2. The van der Waals surface area contributed by atoms with E-state index in [1.807, 2.05) is 24.3 Å². The predicted molar refractivity (Wildman–Crippen MR) is 92.7 cm³/mol. The lowest BCUT2D eigenvalue weighted by atomic mass is 10.0. The van der Waals surface area contributed by atoms with Crippen molar-refractivity contribution in [2.75, 3.05) is 7.11 Å². The standard InChI is InChI=1S/C17H13Cl3O3/c1-23-14-8-6-12(7-9-14)11-2-4-13(5-3-11)15(21)10-16(22)17(18,19)20/h2-9H,10H2,1H3. The van der Waals surface area contributed by atoms with Crippen molar-refractivity contribution < 1.29 is 14.3 Å². The molecule has 3 nitrogen and oxygen atoms in total. The summed E-state index contributed by atoms with van der Waals surface area (Å²) in [7, 11) is 1.61. The number of hydrogen-bond donors (Lipinski definition) is 0. The SMILES string of the molecule is COc1ccc(-c2ccc(C(=O)CC(=O)C(Cl)(Cl)Cl)cc2)cc1. The zero-order valence-electron chi connectivity index (χ0n) is 12.2. The maximum absolute atomic E-state index is 12.0. The quantitative estimate of drug-likeness (QED) is 0.427. The monoisotopic (exact) mass is 370 g/mol. The number of halogens is 3. The summed E-state index contributed by atoms with van der Waals surface area (Å²) in [5, 5.41) is 0. The van der Waals surface area contributed by atoms with Crippen LogP contribution in [0.1, 0.15) is 16.8 Å². The third kappa shape index (κ3) is 4.71. The summed E-state index contributed by atoms with van der Waals surface area (Å²) < 4.78 is 3.04. The van der Waals surface area contributed by atoms with Crippen LogP contribution >= 0.6 is 34.8 Å². The molecule has 0 aliphatic heterocycles. The molecule has 2 aromatic carbocycles. The zero-order chi connectivity index (χ0) is 17.0. The maximum atomic E-state index is 12.0. The molecule has 0 saturated carbocycles. The van der Waals surface area contributed by atoms with Gasteiger partial charge in [0.15, 0.2) is 11.6 Å². The van der Waals surface area contributed by atoms with E-state index in [-0.39, 0.29) is 5.78 Å². The van der Waals surface area contributed by atoms with Crippen LogP contribution in [0.4, 0.5) is 0 Å². The topological polar surface area (TPSA) is 43.4 Å². The van der Waals surface area contributed by atoms with Gasteiger partial charge in [-0.1, -0.05) is 71.2 Å². The molecule has 0 aromatic heterocycles. The summed E-state index contributed by atoms with van der Waals surface area (Å²) in [6, 6.07) is 14.4. The molecule has 0 fully saturated rings. The summed E-state index contributed by atoms with van der Waals surface area (Å²) in [6.45, 7) is 0. The Hall–Kier alpha value is -1.55. The van der Waals surface area contributed by atoms with Gasteiger partial charge >= 0.3 is 0 Å². The smallest absolute Gasteiger partial charge is 0.249 e. The van der Waals surface area contributed by atoms with E-state index in [4.69, 9.17) is 39.5 Å². The van der Waals surface area contributed by atoms with E-state index in [0.717, 1.165) is 16.9 Å². The number of carbonyl (C=O) groups excluding carboxylic acids is 2. The van der Waals surface area contributed by atoms with Gasteiger partial charge in [0, 0.05) is 5.56 Å². The first kappa shape index (κ1) is 17.8. The Bertz CT molecular complexity index is 701. The molecule has 0 bridgehead atoms. The van der Waals surface area contributed by atoms with Gasteiger partial charge in [0.05, 0.1) is 13.5 Å². The minimum absolute atomic E-state index is 0.386. The predicted octanol–water partition coefficient (Wildman–Crippen LogP) is 4.87. The average molecular weight is 372 g/mol. The molecule has 0 heterocycles. The van der Waals surface area contributed by atoms with Gasteiger partial charge < -0.3 is 4.74 Å². The van der Waals surface area contributed by atoms with Gasteiger partial charge in [0.1, 0.15) is 5.75 Å². The van der Waals surface area contributed by atoms with Crippen LogP contribution in [0.2, 0.25) is 0 Å². The number of Topliss-reactive ketones (excluding diaryl/α,β-unsaturated/α-hetero) is 2. The van der Waals surface area contributed by atoms with Gasteiger partial charge in [0.25, 0.3) is 0 Å². The van der Waals surface area contributed by atoms with Gasteiger partial charge in [0.2, 0.25) is 3.79 Å². The molecular weight excluding hydrogens is 359 g/mol. The number of alkyl halides is 3. The highest BCUT2D eigenvalue weighted by Gasteiger charge is 2.31. The third-order valence-corrected chi connectivity index (χ3v) is 3.90. The summed E-state index contributed by atoms with van der Waals surface area (Å²) >= 11 is 16.4.